The van der Waals surface area contributed by atoms with Crippen LogP contribution in [0.4, 0.5) is 5.82 Å². The van der Waals surface area contributed by atoms with Crippen molar-refractivity contribution >= 4 is 5.82 Å². The summed E-state index contributed by atoms with van der Waals surface area (Å²) in [6, 6.07) is 5.15. The van der Waals surface area contributed by atoms with Gasteiger partial charge in [-0.3, -0.25) is 0 Å². The molecule has 0 saturated heterocycles. The van der Waals surface area contributed by atoms with Crippen molar-refractivity contribution in [3.05, 3.63) is 23.9 Å². The molecule has 2 rings (SSSR count). The van der Waals surface area contributed by atoms with E-state index in [1.165, 1.54) is 18.4 Å². The number of hydrogen-bond donors (Lipinski definition) is 1. The normalized spacial score (nSPS) is 17.5. The third kappa shape index (κ3) is 2.69. The number of rotatable bonds is 4. The van der Waals surface area contributed by atoms with Crippen LogP contribution in [0.25, 0.3) is 0 Å². The van der Waals surface area contributed by atoms with Crippen LogP contribution in [-0.2, 0) is 6.42 Å². The number of nitrogens with zero attached hydrogens (tertiary/aromatic N) is 2. The Bertz CT molecular complexity index is 314. The quantitative estimate of drug-likeness (QED) is 0.811. The maximum absolute atomic E-state index is 5.74. The molecule has 82 valence electrons. The van der Waals surface area contributed by atoms with Gasteiger partial charge in [-0.2, -0.15) is 0 Å². The van der Waals surface area contributed by atoms with Crippen LogP contribution in [0.1, 0.15) is 25.3 Å². The molecule has 1 atom stereocenters. The minimum Gasteiger partial charge on any atom is -0.357 e. The summed E-state index contributed by atoms with van der Waals surface area (Å²) >= 11 is 0. The van der Waals surface area contributed by atoms with Crippen LogP contribution in [0.15, 0.2) is 18.3 Å². The summed E-state index contributed by atoms with van der Waals surface area (Å²) in [6.07, 6.45) is 5.46. The maximum atomic E-state index is 5.74. The monoisotopic (exact) mass is 205 g/mol. The molecule has 0 bridgehead atoms. The van der Waals surface area contributed by atoms with Crippen LogP contribution in [0.5, 0.6) is 0 Å². The molecule has 1 saturated carbocycles. The first kappa shape index (κ1) is 10.4. The number of nitrogens with two attached hydrogens (primary N) is 1. The Morgan fingerprint density at radius 3 is 2.73 bits per heavy atom. The first-order chi connectivity index (χ1) is 7.16. The van der Waals surface area contributed by atoms with Crippen molar-refractivity contribution in [2.24, 2.45) is 5.73 Å². The van der Waals surface area contributed by atoms with Gasteiger partial charge in [0.25, 0.3) is 0 Å². The second-order valence-corrected chi connectivity index (χ2v) is 4.55. The van der Waals surface area contributed by atoms with Crippen molar-refractivity contribution in [3.63, 3.8) is 0 Å². The second-order valence-electron chi connectivity index (χ2n) is 4.55. The summed E-state index contributed by atoms with van der Waals surface area (Å²) in [6.45, 7) is 2.02. The molecular weight excluding hydrogens is 186 g/mol. The highest BCUT2D eigenvalue weighted by atomic mass is 15.2. The summed E-state index contributed by atoms with van der Waals surface area (Å²) in [5, 5.41) is 0. The van der Waals surface area contributed by atoms with Crippen LogP contribution in [0, 0.1) is 0 Å². The van der Waals surface area contributed by atoms with Crippen molar-refractivity contribution in [1.29, 1.82) is 0 Å². The van der Waals surface area contributed by atoms with Gasteiger partial charge in [0.1, 0.15) is 5.82 Å². The molecule has 15 heavy (non-hydrogen) atoms. The molecule has 3 heteroatoms. The zero-order valence-corrected chi connectivity index (χ0v) is 9.48. The first-order valence-corrected chi connectivity index (χ1v) is 5.60. The van der Waals surface area contributed by atoms with Gasteiger partial charge >= 0.3 is 0 Å². The highest BCUT2D eigenvalue weighted by Gasteiger charge is 2.26. The first-order valence-electron chi connectivity index (χ1n) is 5.60. The van der Waals surface area contributed by atoms with Gasteiger partial charge in [0.05, 0.1) is 0 Å². The third-order valence-electron chi connectivity index (χ3n) is 2.82. The Balaban J connectivity index is 2.02. The summed E-state index contributed by atoms with van der Waals surface area (Å²) in [7, 11) is 2.12. The van der Waals surface area contributed by atoms with E-state index < -0.39 is 0 Å². The zero-order valence-electron chi connectivity index (χ0n) is 9.48. The van der Waals surface area contributed by atoms with E-state index in [4.69, 9.17) is 5.73 Å². The van der Waals surface area contributed by atoms with E-state index in [1.54, 1.807) is 0 Å². The summed E-state index contributed by atoms with van der Waals surface area (Å²) in [5.41, 5.74) is 6.96. The predicted molar refractivity (Wildman–Crippen MR) is 63.0 cm³/mol. The van der Waals surface area contributed by atoms with Gasteiger partial charge in [0.15, 0.2) is 0 Å². The molecule has 0 spiro atoms. The standard InChI is InChI=1S/C12H19N3/c1-9(13)7-10-3-6-12(14-8-10)15(2)11-4-5-11/h3,6,8-9,11H,4-5,7,13H2,1-2H3. The smallest absolute Gasteiger partial charge is 0.128 e. The van der Waals surface area contributed by atoms with Crippen LogP contribution >= 0.6 is 0 Å². The molecule has 1 aromatic heterocycles. The Morgan fingerprint density at radius 1 is 1.53 bits per heavy atom. The molecule has 1 aliphatic carbocycles. The minimum atomic E-state index is 0.207. The van der Waals surface area contributed by atoms with Gasteiger partial charge in [-0.05, 0) is 37.8 Å². The SMILES string of the molecule is CC(N)Cc1ccc(N(C)C2CC2)nc1. The maximum Gasteiger partial charge on any atom is 0.128 e. The Morgan fingerprint density at radius 2 is 2.27 bits per heavy atom. The molecule has 1 unspecified atom stereocenters. The fourth-order valence-electron chi connectivity index (χ4n) is 1.77. The van der Waals surface area contributed by atoms with E-state index in [0.717, 1.165) is 18.3 Å². The van der Waals surface area contributed by atoms with E-state index in [1.807, 2.05) is 13.1 Å². The molecule has 3 nitrogen and oxygen atoms in total. The summed E-state index contributed by atoms with van der Waals surface area (Å²) in [4.78, 5) is 6.72. The van der Waals surface area contributed by atoms with Crippen molar-refractivity contribution in [1.82, 2.24) is 4.98 Å². The van der Waals surface area contributed by atoms with E-state index in [-0.39, 0.29) is 6.04 Å². The van der Waals surface area contributed by atoms with Gasteiger partial charge < -0.3 is 10.6 Å². The fourth-order valence-corrected chi connectivity index (χ4v) is 1.77. The molecule has 0 aliphatic heterocycles. The largest absolute Gasteiger partial charge is 0.357 e. The van der Waals surface area contributed by atoms with E-state index in [2.05, 4.69) is 29.1 Å². The van der Waals surface area contributed by atoms with Gasteiger partial charge in [-0.1, -0.05) is 6.07 Å². The third-order valence-corrected chi connectivity index (χ3v) is 2.82. The lowest BCUT2D eigenvalue weighted by atomic mass is 10.1. The highest BCUT2D eigenvalue weighted by molar-refractivity contribution is 5.41. The van der Waals surface area contributed by atoms with Crippen LogP contribution < -0.4 is 10.6 Å². The van der Waals surface area contributed by atoms with Crippen LogP contribution in [0.2, 0.25) is 0 Å². The van der Waals surface area contributed by atoms with Crippen molar-refractivity contribution in [3.8, 4) is 0 Å². The molecule has 1 fully saturated rings. The minimum absolute atomic E-state index is 0.207. The van der Waals surface area contributed by atoms with Gasteiger partial charge in [0.2, 0.25) is 0 Å². The van der Waals surface area contributed by atoms with Gasteiger partial charge in [0, 0.05) is 25.3 Å². The molecule has 1 heterocycles. The molecule has 0 radical (unpaired) electrons. The highest BCUT2D eigenvalue weighted by Crippen LogP contribution is 2.28. The second kappa shape index (κ2) is 4.19. The topological polar surface area (TPSA) is 42.1 Å². The van der Waals surface area contributed by atoms with Gasteiger partial charge in [-0.15, -0.1) is 0 Å². The number of pyridine rings is 1. The summed E-state index contributed by atoms with van der Waals surface area (Å²) < 4.78 is 0. The zero-order chi connectivity index (χ0) is 10.8. The van der Waals surface area contributed by atoms with Crippen molar-refractivity contribution < 1.29 is 0 Å². The fraction of sp³-hybridized carbons (Fsp3) is 0.583. The lowest BCUT2D eigenvalue weighted by Crippen LogP contribution is -2.21. The van der Waals surface area contributed by atoms with Gasteiger partial charge in [-0.25, -0.2) is 4.98 Å². The molecule has 1 aliphatic rings. The van der Waals surface area contributed by atoms with Crippen LogP contribution in [-0.4, -0.2) is 24.1 Å². The number of aromatic nitrogens is 1. The Labute approximate surface area is 91.3 Å². The lowest BCUT2D eigenvalue weighted by Gasteiger charge is -2.17. The Hall–Kier alpha value is -1.09. The molecule has 2 N–H and O–H groups in total. The lowest BCUT2D eigenvalue weighted by molar-refractivity contribution is 0.735. The van der Waals surface area contributed by atoms with E-state index >= 15 is 0 Å². The number of hydrogen-bond acceptors (Lipinski definition) is 3. The average molecular weight is 205 g/mol. The van der Waals surface area contributed by atoms with Crippen molar-refractivity contribution in [2.75, 3.05) is 11.9 Å². The van der Waals surface area contributed by atoms with E-state index in [9.17, 15) is 0 Å². The molecule has 1 aromatic rings. The average Bonchev–Trinajstić information content (AvgIpc) is 3.00. The van der Waals surface area contributed by atoms with E-state index in [0.29, 0.717) is 0 Å². The van der Waals surface area contributed by atoms with Crippen LogP contribution in [0.3, 0.4) is 0 Å². The molecule has 0 aromatic carbocycles. The molecule has 0 amide bonds. The molecular formula is C12H19N3. The Kier molecular flexibility index (Phi) is 2.91. The predicted octanol–water partition coefficient (Wildman–Crippen LogP) is 1.57. The van der Waals surface area contributed by atoms with Crippen molar-refractivity contribution in [2.45, 2.75) is 38.3 Å². The summed E-state index contributed by atoms with van der Waals surface area (Å²) in [5.74, 6) is 1.07. The number of anilines is 1.